The Bertz CT molecular complexity index is 286. The molecule has 89 valence electrons. The van der Waals surface area contributed by atoms with Crippen molar-refractivity contribution in [3.63, 3.8) is 0 Å². The van der Waals surface area contributed by atoms with Gasteiger partial charge in [-0.2, -0.15) is 0 Å². The third-order valence-electron chi connectivity index (χ3n) is 2.54. The Kier molecular flexibility index (Phi) is 4.46. The van der Waals surface area contributed by atoms with E-state index in [1.807, 2.05) is 6.29 Å². The molecular weight excluding hydrogens is 212 g/mol. The lowest BCUT2D eigenvalue weighted by Gasteiger charge is -2.31. The van der Waals surface area contributed by atoms with Gasteiger partial charge in [0, 0.05) is 13.8 Å². The van der Waals surface area contributed by atoms with Gasteiger partial charge >= 0.3 is 11.9 Å². The van der Waals surface area contributed by atoms with Crippen molar-refractivity contribution in [2.24, 2.45) is 5.92 Å². The summed E-state index contributed by atoms with van der Waals surface area (Å²) in [4.78, 5) is 32.3. The van der Waals surface area contributed by atoms with Crippen molar-refractivity contribution in [2.75, 3.05) is 0 Å². The molecule has 1 aliphatic carbocycles. The van der Waals surface area contributed by atoms with E-state index in [1.54, 1.807) is 0 Å². The third kappa shape index (κ3) is 3.64. The lowest BCUT2D eigenvalue weighted by atomic mass is 9.85. The topological polar surface area (TPSA) is 69.7 Å². The number of carbonyl (C=O) groups is 2. The van der Waals surface area contributed by atoms with Crippen molar-refractivity contribution in [3.05, 3.63) is 0 Å². The van der Waals surface area contributed by atoms with Gasteiger partial charge in [-0.05, 0) is 19.3 Å². The van der Waals surface area contributed by atoms with Gasteiger partial charge < -0.3 is 9.47 Å². The van der Waals surface area contributed by atoms with Crippen molar-refractivity contribution in [1.29, 1.82) is 0 Å². The standard InChI is InChI=1S/C11H15O5/c1-7(13)15-10-3-4-11(16-8(2)14)9(5-10)6-12/h9-11H,3-5H2,1-2H3. The van der Waals surface area contributed by atoms with Crippen LogP contribution in [0.5, 0.6) is 0 Å². The summed E-state index contributed by atoms with van der Waals surface area (Å²) in [5.41, 5.74) is 0. The Hall–Kier alpha value is -1.39. The van der Waals surface area contributed by atoms with E-state index < -0.39 is 18.0 Å². The van der Waals surface area contributed by atoms with Gasteiger partial charge in [-0.1, -0.05) is 0 Å². The van der Waals surface area contributed by atoms with Crippen LogP contribution in [-0.4, -0.2) is 30.4 Å². The van der Waals surface area contributed by atoms with Gasteiger partial charge in [0.05, 0.1) is 5.92 Å². The molecule has 3 atom stereocenters. The maximum absolute atomic E-state index is 10.8. The molecule has 1 aliphatic rings. The van der Waals surface area contributed by atoms with Crippen LogP contribution in [0.15, 0.2) is 0 Å². The van der Waals surface area contributed by atoms with Crippen LogP contribution in [0.25, 0.3) is 0 Å². The number of hydrogen-bond acceptors (Lipinski definition) is 5. The second-order valence-electron chi connectivity index (χ2n) is 3.92. The van der Waals surface area contributed by atoms with Crippen LogP contribution in [0, 0.1) is 5.92 Å². The molecule has 1 fully saturated rings. The Morgan fingerprint density at radius 1 is 1.12 bits per heavy atom. The van der Waals surface area contributed by atoms with E-state index >= 15 is 0 Å². The highest BCUT2D eigenvalue weighted by Gasteiger charge is 2.34. The molecule has 1 saturated carbocycles. The molecule has 0 aromatic carbocycles. The van der Waals surface area contributed by atoms with Gasteiger partial charge in [-0.15, -0.1) is 0 Å². The summed E-state index contributed by atoms with van der Waals surface area (Å²) in [5, 5.41) is 0. The van der Waals surface area contributed by atoms with Crippen molar-refractivity contribution in [1.82, 2.24) is 0 Å². The first-order valence-corrected chi connectivity index (χ1v) is 5.25. The van der Waals surface area contributed by atoms with E-state index in [4.69, 9.17) is 9.47 Å². The van der Waals surface area contributed by atoms with E-state index in [0.717, 1.165) is 0 Å². The average molecular weight is 227 g/mol. The van der Waals surface area contributed by atoms with Gasteiger partial charge in [0.25, 0.3) is 0 Å². The molecule has 0 heterocycles. The first-order chi connectivity index (χ1) is 7.52. The van der Waals surface area contributed by atoms with E-state index in [1.165, 1.54) is 13.8 Å². The number of carbonyl (C=O) groups excluding carboxylic acids is 3. The normalized spacial score (nSPS) is 29.2. The minimum atomic E-state index is -0.498. The lowest BCUT2D eigenvalue weighted by Crippen LogP contribution is -2.37. The predicted octanol–water partition coefficient (Wildman–Crippen LogP) is 0.760. The highest BCUT2D eigenvalue weighted by atomic mass is 16.6. The molecule has 0 aromatic rings. The molecule has 5 nitrogen and oxygen atoms in total. The summed E-state index contributed by atoms with van der Waals surface area (Å²) in [6, 6.07) is 0. The average Bonchev–Trinajstić information content (AvgIpc) is 2.18. The third-order valence-corrected chi connectivity index (χ3v) is 2.54. The minimum Gasteiger partial charge on any atom is -0.463 e. The number of ether oxygens (including phenoxy) is 2. The molecule has 0 aromatic heterocycles. The first kappa shape index (κ1) is 12.7. The summed E-state index contributed by atoms with van der Waals surface area (Å²) in [6.45, 7) is 2.64. The van der Waals surface area contributed by atoms with Crippen LogP contribution in [0.4, 0.5) is 0 Å². The van der Waals surface area contributed by atoms with E-state index in [0.29, 0.717) is 19.3 Å². The van der Waals surface area contributed by atoms with Crippen LogP contribution >= 0.6 is 0 Å². The predicted molar refractivity (Wildman–Crippen MR) is 54.1 cm³/mol. The molecule has 0 aliphatic heterocycles. The SMILES string of the molecule is CC(=O)OC1CCC(OC(C)=O)C([C]=O)C1. The van der Waals surface area contributed by atoms with Gasteiger partial charge in [-0.25, -0.2) is 0 Å². The van der Waals surface area contributed by atoms with Crippen molar-refractivity contribution < 1.29 is 23.9 Å². The fourth-order valence-electron chi connectivity index (χ4n) is 1.92. The van der Waals surface area contributed by atoms with E-state index in [9.17, 15) is 14.4 Å². The highest BCUT2D eigenvalue weighted by molar-refractivity contribution is 5.67. The molecule has 0 amide bonds. The fraction of sp³-hybridized carbons (Fsp3) is 0.727. The zero-order chi connectivity index (χ0) is 12.1. The van der Waals surface area contributed by atoms with Crippen LogP contribution in [0.1, 0.15) is 33.1 Å². The maximum Gasteiger partial charge on any atom is 0.302 e. The largest absolute Gasteiger partial charge is 0.463 e. The molecule has 0 bridgehead atoms. The molecule has 16 heavy (non-hydrogen) atoms. The molecule has 1 radical (unpaired) electrons. The smallest absolute Gasteiger partial charge is 0.302 e. The zero-order valence-corrected chi connectivity index (χ0v) is 9.39. The summed E-state index contributed by atoms with van der Waals surface area (Å²) in [5.74, 6) is -1.27. The Morgan fingerprint density at radius 3 is 2.25 bits per heavy atom. The summed E-state index contributed by atoms with van der Waals surface area (Å²) in [7, 11) is 0. The molecule has 0 N–H and O–H groups in total. The maximum atomic E-state index is 10.8. The van der Waals surface area contributed by atoms with Crippen LogP contribution < -0.4 is 0 Å². The molecule has 3 unspecified atom stereocenters. The van der Waals surface area contributed by atoms with Gasteiger partial charge in [-0.3, -0.25) is 14.4 Å². The Balaban J connectivity index is 2.53. The van der Waals surface area contributed by atoms with Crippen molar-refractivity contribution >= 4 is 18.2 Å². The van der Waals surface area contributed by atoms with Crippen LogP contribution in [0.2, 0.25) is 0 Å². The second-order valence-corrected chi connectivity index (χ2v) is 3.92. The second kappa shape index (κ2) is 5.63. The summed E-state index contributed by atoms with van der Waals surface area (Å²) < 4.78 is 10.0. The molecular formula is C11H15O5. The van der Waals surface area contributed by atoms with E-state index in [-0.39, 0.29) is 12.1 Å². The van der Waals surface area contributed by atoms with E-state index in [2.05, 4.69) is 0 Å². The number of rotatable bonds is 3. The van der Waals surface area contributed by atoms with Crippen LogP contribution in [-0.2, 0) is 23.9 Å². The zero-order valence-electron chi connectivity index (χ0n) is 9.39. The number of esters is 2. The van der Waals surface area contributed by atoms with Gasteiger partial charge in [0.15, 0.2) is 0 Å². The monoisotopic (exact) mass is 227 g/mol. The lowest BCUT2D eigenvalue weighted by molar-refractivity contribution is -0.157. The molecule has 0 spiro atoms. The molecule has 0 saturated heterocycles. The Morgan fingerprint density at radius 2 is 1.75 bits per heavy atom. The summed E-state index contributed by atoms with van der Waals surface area (Å²) >= 11 is 0. The minimum absolute atomic E-state index is 0.268. The Labute approximate surface area is 94.1 Å². The summed E-state index contributed by atoms with van der Waals surface area (Å²) in [6.07, 6.45) is 2.66. The first-order valence-electron chi connectivity index (χ1n) is 5.25. The fourth-order valence-corrected chi connectivity index (χ4v) is 1.92. The van der Waals surface area contributed by atoms with Crippen molar-refractivity contribution in [3.8, 4) is 0 Å². The van der Waals surface area contributed by atoms with Gasteiger partial charge in [0.2, 0.25) is 6.29 Å². The molecule has 5 heteroatoms. The quantitative estimate of drug-likeness (QED) is 0.666. The number of hydrogen-bond donors (Lipinski definition) is 0. The van der Waals surface area contributed by atoms with Gasteiger partial charge in [0.1, 0.15) is 12.2 Å². The highest BCUT2D eigenvalue weighted by Crippen LogP contribution is 2.28. The van der Waals surface area contributed by atoms with Crippen molar-refractivity contribution in [2.45, 2.75) is 45.3 Å². The molecule has 1 rings (SSSR count). The van der Waals surface area contributed by atoms with Crippen LogP contribution in [0.3, 0.4) is 0 Å².